The molecule has 0 atom stereocenters. The van der Waals surface area contributed by atoms with Crippen LogP contribution < -0.4 is 9.47 Å². The molecular formula is C26H31N5O4. The topological polar surface area (TPSA) is 89.8 Å². The number of benzene rings is 1. The first-order valence-electron chi connectivity index (χ1n) is 12.2. The van der Waals surface area contributed by atoms with Gasteiger partial charge in [0.05, 0.1) is 32.5 Å². The van der Waals surface area contributed by atoms with Gasteiger partial charge < -0.3 is 19.3 Å². The lowest BCUT2D eigenvalue weighted by atomic mass is 9.95. The molecule has 0 radical (unpaired) electrons. The van der Waals surface area contributed by atoms with Crippen molar-refractivity contribution in [2.45, 2.75) is 32.2 Å². The lowest BCUT2D eigenvalue weighted by molar-refractivity contribution is -0.135. The van der Waals surface area contributed by atoms with E-state index in [-0.39, 0.29) is 17.7 Å². The molecule has 5 rings (SSSR count). The maximum Gasteiger partial charge on any atom is 0.255 e. The van der Waals surface area contributed by atoms with Gasteiger partial charge in [-0.3, -0.25) is 9.59 Å². The number of nitrogens with zero attached hydrogens (tertiary/aromatic N) is 5. The second-order valence-corrected chi connectivity index (χ2v) is 9.22. The summed E-state index contributed by atoms with van der Waals surface area (Å²) in [6, 6.07) is 7.52. The summed E-state index contributed by atoms with van der Waals surface area (Å²) in [5.41, 5.74) is 2.20. The number of hydrogen-bond donors (Lipinski definition) is 0. The molecule has 2 aromatic heterocycles. The smallest absolute Gasteiger partial charge is 0.255 e. The molecule has 4 heterocycles. The zero-order chi connectivity index (χ0) is 24.4. The van der Waals surface area contributed by atoms with Crippen LogP contribution in [-0.4, -0.2) is 76.8 Å². The van der Waals surface area contributed by atoms with Gasteiger partial charge in [-0.05, 0) is 43.9 Å². The molecule has 2 saturated heterocycles. The van der Waals surface area contributed by atoms with Crippen LogP contribution in [0.4, 0.5) is 0 Å². The predicted molar refractivity (Wildman–Crippen MR) is 131 cm³/mol. The first-order chi connectivity index (χ1) is 17.1. The third-order valence-electron chi connectivity index (χ3n) is 7.09. The number of fused-ring (bicyclic) bond motifs is 1. The van der Waals surface area contributed by atoms with Gasteiger partial charge in [-0.1, -0.05) is 0 Å². The maximum absolute atomic E-state index is 13.2. The minimum Gasteiger partial charge on any atom is -0.497 e. The van der Waals surface area contributed by atoms with Crippen molar-refractivity contribution in [2.75, 3.05) is 40.4 Å². The molecule has 9 heteroatoms. The summed E-state index contributed by atoms with van der Waals surface area (Å²) in [4.78, 5) is 34.2. The Labute approximate surface area is 204 Å². The fourth-order valence-corrected chi connectivity index (χ4v) is 5.06. The van der Waals surface area contributed by atoms with Crippen molar-refractivity contribution in [2.24, 2.45) is 5.92 Å². The van der Waals surface area contributed by atoms with Crippen molar-refractivity contribution in [1.82, 2.24) is 24.6 Å². The van der Waals surface area contributed by atoms with Crippen molar-refractivity contribution >= 4 is 22.8 Å². The van der Waals surface area contributed by atoms with E-state index < -0.39 is 0 Å². The summed E-state index contributed by atoms with van der Waals surface area (Å²) in [6.45, 7) is 3.43. The Morgan fingerprint density at radius 1 is 0.971 bits per heavy atom. The molecule has 0 bridgehead atoms. The summed E-state index contributed by atoms with van der Waals surface area (Å²) in [6.07, 6.45) is 6.99. The Bertz CT molecular complexity index is 1230. The zero-order valence-corrected chi connectivity index (χ0v) is 20.3. The Kier molecular flexibility index (Phi) is 6.57. The van der Waals surface area contributed by atoms with Crippen molar-refractivity contribution in [3.63, 3.8) is 0 Å². The predicted octanol–water partition coefficient (Wildman–Crippen LogP) is 2.97. The van der Waals surface area contributed by atoms with E-state index in [0.717, 1.165) is 55.5 Å². The highest BCUT2D eigenvalue weighted by Crippen LogP contribution is 2.27. The number of hydrogen-bond acceptors (Lipinski definition) is 6. The SMILES string of the molecule is COc1ccc(Cn2ncc3cc(C(=O)N4CCC(C(=O)N5CCCC5)CC4)cnc32)c(OC)c1. The van der Waals surface area contributed by atoms with Crippen LogP contribution in [0.2, 0.25) is 0 Å². The molecule has 0 spiro atoms. The largest absolute Gasteiger partial charge is 0.497 e. The van der Waals surface area contributed by atoms with Crippen LogP contribution in [0.25, 0.3) is 11.0 Å². The molecule has 35 heavy (non-hydrogen) atoms. The van der Waals surface area contributed by atoms with Crippen LogP contribution in [0, 0.1) is 5.92 Å². The molecule has 2 fully saturated rings. The number of amides is 2. The van der Waals surface area contributed by atoms with Crippen LogP contribution >= 0.6 is 0 Å². The number of piperidine rings is 1. The van der Waals surface area contributed by atoms with Crippen LogP contribution in [0.15, 0.2) is 36.7 Å². The second kappa shape index (κ2) is 9.93. The van der Waals surface area contributed by atoms with E-state index >= 15 is 0 Å². The monoisotopic (exact) mass is 477 g/mol. The van der Waals surface area contributed by atoms with Gasteiger partial charge in [-0.15, -0.1) is 0 Å². The fraction of sp³-hybridized carbons (Fsp3) is 0.462. The quantitative estimate of drug-likeness (QED) is 0.542. The van der Waals surface area contributed by atoms with E-state index in [1.54, 1.807) is 31.3 Å². The highest BCUT2D eigenvalue weighted by molar-refractivity contribution is 5.97. The summed E-state index contributed by atoms with van der Waals surface area (Å²) >= 11 is 0. The van der Waals surface area contributed by atoms with Gasteiger partial charge in [-0.25, -0.2) is 9.67 Å². The van der Waals surface area contributed by atoms with E-state index in [1.165, 1.54) is 0 Å². The molecule has 3 aromatic rings. The molecule has 2 aliphatic heterocycles. The summed E-state index contributed by atoms with van der Waals surface area (Å²) in [7, 11) is 3.25. The fourth-order valence-electron chi connectivity index (χ4n) is 5.06. The maximum atomic E-state index is 13.2. The number of carbonyl (C=O) groups excluding carboxylic acids is 2. The van der Waals surface area contributed by atoms with Crippen molar-refractivity contribution in [3.8, 4) is 11.5 Å². The lowest BCUT2D eigenvalue weighted by Crippen LogP contribution is -2.43. The first kappa shape index (κ1) is 23.1. The molecule has 0 aliphatic carbocycles. The molecule has 0 saturated carbocycles. The minimum atomic E-state index is -0.0453. The number of methoxy groups -OCH3 is 2. The van der Waals surface area contributed by atoms with E-state index in [0.29, 0.717) is 36.6 Å². The average molecular weight is 478 g/mol. The van der Waals surface area contributed by atoms with Crippen molar-refractivity contribution in [3.05, 3.63) is 47.8 Å². The Hall–Kier alpha value is -3.62. The summed E-state index contributed by atoms with van der Waals surface area (Å²) < 4.78 is 12.6. The summed E-state index contributed by atoms with van der Waals surface area (Å²) in [5.74, 6) is 1.69. The average Bonchev–Trinajstić information content (AvgIpc) is 3.58. The molecule has 184 valence electrons. The number of aromatic nitrogens is 3. The second-order valence-electron chi connectivity index (χ2n) is 9.22. The van der Waals surface area contributed by atoms with Crippen molar-refractivity contribution < 1.29 is 19.1 Å². The Balaban J connectivity index is 1.26. The number of rotatable bonds is 6. The standard InChI is InChI=1S/C26H31N5O4/c1-34-22-6-5-19(23(14-22)35-2)17-31-24-20(16-28-31)13-21(15-27-24)26(33)30-11-7-18(8-12-30)25(32)29-9-3-4-10-29/h5-6,13-16,18H,3-4,7-12,17H2,1-2H3. The van der Waals surface area contributed by atoms with E-state index in [4.69, 9.17) is 9.47 Å². The third-order valence-corrected chi connectivity index (χ3v) is 7.09. The lowest BCUT2D eigenvalue weighted by Gasteiger charge is -2.33. The highest BCUT2D eigenvalue weighted by atomic mass is 16.5. The van der Waals surface area contributed by atoms with Gasteiger partial charge in [0.25, 0.3) is 5.91 Å². The molecule has 1 aromatic carbocycles. The molecular weight excluding hydrogens is 446 g/mol. The molecule has 0 unspecified atom stereocenters. The number of pyridine rings is 1. The van der Waals surface area contributed by atoms with Gasteiger partial charge >= 0.3 is 0 Å². The minimum absolute atomic E-state index is 0.0333. The van der Waals surface area contributed by atoms with Gasteiger partial charge in [0.1, 0.15) is 11.5 Å². The van der Waals surface area contributed by atoms with Gasteiger partial charge in [0.15, 0.2) is 5.65 Å². The first-order valence-corrected chi connectivity index (χ1v) is 12.2. The number of likely N-dealkylation sites (tertiary alicyclic amines) is 2. The van der Waals surface area contributed by atoms with E-state index in [2.05, 4.69) is 10.1 Å². The normalized spacial score (nSPS) is 16.6. The van der Waals surface area contributed by atoms with E-state index in [9.17, 15) is 9.59 Å². The third kappa shape index (κ3) is 4.67. The van der Waals surface area contributed by atoms with E-state index in [1.807, 2.05) is 34.1 Å². The van der Waals surface area contributed by atoms with Gasteiger partial charge in [-0.2, -0.15) is 5.10 Å². The van der Waals surface area contributed by atoms with Crippen molar-refractivity contribution in [1.29, 1.82) is 0 Å². The summed E-state index contributed by atoms with van der Waals surface area (Å²) in [5, 5.41) is 5.30. The highest BCUT2D eigenvalue weighted by Gasteiger charge is 2.31. The molecule has 2 aliphatic rings. The van der Waals surface area contributed by atoms with Crippen LogP contribution in [0.5, 0.6) is 11.5 Å². The van der Waals surface area contributed by atoms with Crippen LogP contribution in [0.1, 0.15) is 41.6 Å². The van der Waals surface area contributed by atoms with Crippen LogP contribution in [-0.2, 0) is 11.3 Å². The van der Waals surface area contributed by atoms with Crippen LogP contribution in [0.3, 0.4) is 0 Å². The zero-order valence-electron chi connectivity index (χ0n) is 20.3. The Morgan fingerprint density at radius 3 is 2.46 bits per heavy atom. The Morgan fingerprint density at radius 2 is 1.74 bits per heavy atom. The molecule has 0 N–H and O–H groups in total. The molecule has 9 nitrogen and oxygen atoms in total. The number of ether oxygens (including phenoxy) is 2. The van der Waals surface area contributed by atoms with Gasteiger partial charge in [0, 0.05) is 55.3 Å². The number of carbonyl (C=O) groups is 2. The van der Waals surface area contributed by atoms with Gasteiger partial charge in [0.2, 0.25) is 5.91 Å². The molecule has 2 amide bonds.